The summed E-state index contributed by atoms with van der Waals surface area (Å²) in [6.45, 7) is 3.53. The highest BCUT2D eigenvalue weighted by Gasteiger charge is 2.26. The third-order valence-corrected chi connectivity index (χ3v) is 7.37. The van der Waals surface area contributed by atoms with Crippen molar-refractivity contribution in [3.8, 4) is 34.2 Å². The fourth-order valence-corrected chi connectivity index (χ4v) is 5.42. The van der Waals surface area contributed by atoms with Gasteiger partial charge in [0.25, 0.3) is 0 Å². The highest BCUT2D eigenvalue weighted by atomic mass is 19.1. The first-order valence-corrected chi connectivity index (χ1v) is 13.1. The van der Waals surface area contributed by atoms with E-state index in [-0.39, 0.29) is 41.3 Å². The molecule has 7 nitrogen and oxygen atoms in total. The van der Waals surface area contributed by atoms with Crippen molar-refractivity contribution in [1.82, 2.24) is 14.9 Å². The number of amides is 1. The Kier molecular flexibility index (Phi) is 7.52. The van der Waals surface area contributed by atoms with E-state index in [1.807, 2.05) is 0 Å². The summed E-state index contributed by atoms with van der Waals surface area (Å²) in [6, 6.07) is 11.4. The lowest BCUT2D eigenvalue weighted by Gasteiger charge is -2.23. The van der Waals surface area contributed by atoms with Crippen molar-refractivity contribution >= 4 is 22.6 Å². The Hall–Kier alpha value is -4.71. The number of ether oxygens (including phenoxy) is 1. The second-order valence-corrected chi connectivity index (χ2v) is 9.93. The van der Waals surface area contributed by atoms with Crippen LogP contribution in [0, 0.1) is 23.0 Å². The Labute approximate surface area is 230 Å². The molecule has 0 bridgehead atoms. The van der Waals surface area contributed by atoms with E-state index in [0.717, 1.165) is 38.2 Å². The number of nitrogens with zero attached hydrogens (tertiary/aromatic N) is 3. The van der Waals surface area contributed by atoms with E-state index in [2.05, 4.69) is 22.9 Å². The van der Waals surface area contributed by atoms with E-state index in [0.29, 0.717) is 33.3 Å². The van der Waals surface area contributed by atoms with Gasteiger partial charge in [0, 0.05) is 30.9 Å². The van der Waals surface area contributed by atoms with E-state index in [9.17, 15) is 10.1 Å². The zero-order valence-corrected chi connectivity index (χ0v) is 22.1. The van der Waals surface area contributed by atoms with Crippen LogP contribution in [0.3, 0.4) is 0 Å². The maximum absolute atomic E-state index is 15.7. The fraction of sp³-hybridized carbons (Fsp3) is 0.258. The van der Waals surface area contributed by atoms with Crippen molar-refractivity contribution in [3.63, 3.8) is 0 Å². The van der Waals surface area contributed by atoms with Gasteiger partial charge in [-0.1, -0.05) is 25.1 Å². The van der Waals surface area contributed by atoms with Gasteiger partial charge in [0.15, 0.2) is 11.6 Å². The fourth-order valence-electron chi connectivity index (χ4n) is 5.42. The lowest BCUT2D eigenvalue weighted by Crippen LogP contribution is -2.20. The molecule has 2 aromatic carbocycles. The number of carbonyl (C=O) groups is 1. The molecule has 0 radical (unpaired) electrons. The number of benzene rings is 2. The first-order chi connectivity index (χ1) is 19.3. The lowest BCUT2D eigenvalue weighted by molar-refractivity contribution is -0.116. The molecule has 204 valence electrons. The maximum atomic E-state index is 15.7. The summed E-state index contributed by atoms with van der Waals surface area (Å²) in [5.41, 5.74) is 9.11. The van der Waals surface area contributed by atoms with Crippen LogP contribution in [0.1, 0.15) is 43.2 Å². The Bertz CT molecular complexity index is 1660. The molecule has 2 aromatic heterocycles. The molecular formula is C31H29F2N5O2. The van der Waals surface area contributed by atoms with Gasteiger partial charge in [0.05, 0.1) is 28.3 Å². The number of anilines is 1. The van der Waals surface area contributed by atoms with Gasteiger partial charge >= 0.3 is 0 Å². The summed E-state index contributed by atoms with van der Waals surface area (Å²) >= 11 is 0. The maximum Gasteiger partial charge on any atom is 0.243 e. The van der Waals surface area contributed by atoms with E-state index in [4.69, 9.17) is 10.5 Å². The molecule has 5 rings (SSSR count). The largest absolute Gasteiger partial charge is 0.487 e. The van der Waals surface area contributed by atoms with Crippen LogP contribution in [0.2, 0.25) is 0 Å². The van der Waals surface area contributed by atoms with Gasteiger partial charge in [-0.25, -0.2) is 13.8 Å². The van der Waals surface area contributed by atoms with Gasteiger partial charge in [-0.15, -0.1) is 0 Å². The normalized spacial score (nSPS) is 13.7. The minimum atomic E-state index is -0.555. The minimum absolute atomic E-state index is 0.0240. The molecule has 0 aliphatic heterocycles. The van der Waals surface area contributed by atoms with E-state index < -0.39 is 11.6 Å². The van der Waals surface area contributed by atoms with E-state index in [1.54, 1.807) is 35.9 Å². The van der Waals surface area contributed by atoms with Crippen LogP contribution in [0.4, 0.5) is 14.6 Å². The molecule has 1 aliphatic carbocycles. The van der Waals surface area contributed by atoms with Gasteiger partial charge in [-0.2, -0.15) is 5.26 Å². The van der Waals surface area contributed by atoms with Crippen LogP contribution in [0.15, 0.2) is 55.3 Å². The highest BCUT2D eigenvalue weighted by Crippen LogP contribution is 2.44. The Balaban J connectivity index is 1.66. The van der Waals surface area contributed by atoms with Gasteiger partial charge in [-0.05, 0) is 67.2 Å². The van der Waals surface area contributed by atoms with Crippen LogP contribution in [0.5, 0.6) is 5.75 Å². The van der Waals surface area contributed by atoms with Crippen molar-refractivity contribution in [2.24, 2.45) is 7.05 Å². The molecule has 1 saturated carbocycles. The van der Waals surface area contributed by atoms with E-state index >= 15 is 8.78 Å². The molecular weight excluding hydrogens is 512 g/mol. The summed E-state index contributed by atoms with van der Waals surface area (Å²) in [7, 11) is 1.70. The number of hydrogen-bond donors (Lipinski definition) is 2. The van der Waals surface area contributed by atoms with Crippen molar-refractivity contribution in [3.05, 3.63) is 78.0 Å². The number of rotatable bonds is 7. The predicted octanol–water partition coefficient (Wildman–Crippen LogP) is 6.15. The SMILES string of the molecule is C=CC(=O)NCc1ccc(-c2c(-c3ccc(OC4CCCCC4)c(F)c3)c3c(N)ncc(C#N)c3n2C)c(F)c1. The number of halogens is 2. The molecule has 0 saturated heterocycles. The van der Waals surface area contributed by atoms with Gasteiger partial charge in [-0.3, -0.25) is 4.79 Å². The zero-order chi connectivity index (χ0) is 28.4. The smallest absolute Gasteiger partial charge is 0.243 e. The third kappa shape index (κ3) is 5.00. The molecule has 2 heterocycles. The molecule has 0 unspecified atom stereocenters. The summed E-state index contributed by atoms with van der Waals surface area (Å²) in [5, 5.41) is 12.9. The molecule has 0 atom stereocenters. The van der Waals surface area contributed by atoms with Crippen molar-refractivity contribution in [2.45, 2.75) is 44.8 Å². The molecule has 3 N–H and O–H groups in total. The number of nitrogens with two attached hydrogens (primary N) is 1. The van der Waals surface area contributed by atoms with Crippen LogP contribution in [-0.2, 0) is 18.4 Å². The number of nitrogen functional groups attached to an aromatic ring is 1. The average Bonchev–Trinajstić information content (AvgIpc) is 3.27. The Morgan fingerprint density at radius 3 is 2.67 bits per heavy atom. The molecule has 40 heavy (non-hydrogen) atoms. The van der Waals surface area contributed by atoms with Crippen LogP contribution < -0.4 is 15.8 Å². The first-order valence-electron chi connectivity index (χ1n) is 13.1. The number of pyridine rings is 1. The molecule has 1 fully saturated rings. The zero-order valence-electron chi connectivity index (χ0n) is 22.1. The van der Waals surface area contributed by atoms with Crippen LogP contribution in [0.25, 0.3) is 33.3 Å². The molecule has 1 amide bonds. The minimum Gasteiger partial charge on any atom is -0.487 e. The van der Waals surface area contributed by atoms with Gasteiger partial charge in [0.1, 0.15) is 17.7 Å². The van der Waals surface area contributed by atoms with Crippen molar-refractivity contribution in [1.29, 1.82) is 5.26 Å². The number of aromatic nitrogens is 2. The standard InChI is InChI=1S/C31H29F2N5O2/c1-3-26(39)36-16-18-9-11-22(23(32)13-18)30-27(28-29(38(30)2)20(15-34)17-37-31(28)35)19-10-12-25(24(33)14-19)40-21-7-5-4-6-8-21/h3,9-14,17,21H,1,4-8,16H2,2H3,(H2,35,37)(H,36,39). The van der Waals surface area contributed by atoms with Gasteiger partial charge in [0.2, 0.25) is 5.91 Å². The molecule has 4 aromatic rings. The monoisotopic (exact) mass is 541 g/mol. The number of aryl methyl sites for hydroxylation is 1. The second kappa shape index (κ2) is 11.2. The molecule has 9 heteroatoms. The van der Waals surface area contributed by atoms with Crippen LogP contribution >= 0.6 is 0 Å². The third-order valence-electron chi connectivity index (χ3n) is 7.37. The van der Waals surface area contributed by atoms with Crippen molar-refractivity contribution < 1.29 is 18.3 Å². The van der Waals surface area contributed by atoms with Crippen LogP contribution in [-0.4, -0.2) is 21.6 Å². The summed E-state index contributed by atoms with van der Waals surface area (Å²) < 4.78 is 38.8. The average molecular weight is 542 g/mol. The van der Waals surface area contributed by atoms with Gasteiger partial charge < -0.3 is 20.4 Å². The number of carbonyl (C=O) groups excluding carboxylic acids is 1. The lowest BCUT2D eigenvalue weighted by atomic mass is 9.96. The first kappa shape index (κ1) is 26.9. The Morgan fingerprint density at radius 1 is 1.23 bits per heavy atom. The summed E-state index contributed by atoms with van der Waals surface area (Å²) in [6.07, 6.45) is 7.54. The highest BCUT2D eigenvalue weighted by molar-refractivity contribution is 6.10. The molecule has 1 aliphatic rings. The number of fused-ring (bicyclic) bond motifs is 1. The summed E-state index contributed by atoms with van der Waals surface area (Å²) in [4.78, 5) is 15.7. The Morgan fingerprint density at radius 2 is 2.00 bits per heavy atom. The number of nitriles is 1. The number of nitrogens with one attached hydrogen (secondary N) is 1. The second-order valence-electron chi connectivity index (χ2n) is 9.93. The molecule has 0 spiro atoms. The topological polar surface area (TPSA) is 106 Å². The summed E-state index contributed by atoms with van der Waals surface area (Å²) in [5.74, 6) is -1.16. The van der Waals surface area contributed by atoms with E-state index in [1.165, 1.54) is 18.3 Å². The number of hydrogen-bond acceptors (Lipinski definition) is 5. The van der Waals surface area contributed by atoms with Crippen molar-refractivity contribution in [2.75, 3.05) is 5.73 Å². The quantitative estimate of drug-likeness (QED) is 0.273. The predicted molar refractivity (Wildman–Crippen MR) is 150 cm³/mol.